The molecule has 3 rings (SSSR count). The minimum Gasteiger partial charge on any atom is -0.376 e. The number of alkyl halides is 3. The number of oxime groups is 1. The zero-order valence-electron chi connectivity index (χ0n) is 20.8. The summed E-state index contributed by atoms with van der Waals surface area (Å²) in [6.07, 6.45) is -0.565. The highest BCUT2D eigenvalue weighted by Gasteiger charge is 2.47. The van der Waals surface area contributed by atoms with Gasteiger partial charge in [0.05, 0.1) is 17.9 Å². The zero-order valence-corrected chi connectivity index (χ0v) is 20.8. The minimum absolute atomic E-state index is 0.279. The molecule has 1 heterocycles. The van der Waals surface area contributed by atoms with E-state index in [1.54, 1.807) is 26.5 Å². The van der Waals surface area contributed by atoms with Crippen LogP contribution in [0.5, 0.6) is 0 Å². The van der Waals surface area contributed by atoms with Gasteiger partial charge in [0.15, 0.2) is 6.10 Å². The largest absolute Gasteiger partial charge is 0.416 e. The molecular formula is C27H32F3NO5. The molecule has 2 aromatic rings. The summed E-state index contributed by atoms with van der Waals surface area (Å²) in [6, 6.07) is 12.5. The summed E-state index contributed by atoms with van der Waals surface area (Å²) in [7, 11) is 3.18. The van der Waals surface area contributed by atoms with Gasteiger partial charge in [-0.1, -0.05) is 60.6 Å². The van der Waals surface area contributed by atoms with Crippen LogP contribution in [0.4, 0.5) is 13.2 Å². The van der Waals surface area contributed by atoms with Crippen LogP contribution >= 0.6 is 0 Å². The number of hydrogen-bond acceptors (Lipinski definition) is 6. The van der Waals surface area contributed by atoms with Gasteiger partial charge in [-0.25, -0.2) is 0 Å². The predicted molar refractivity (Wildman–Crippen MR) is 131 cm³/mol. The molecule has 1 saturated heterocycles. The lowest BCUT2D eigenvalue weighted by Crippen LogP contribution is -2.59. The van der Waals surface area contributed by atoms with Crippen LogP contribution in [0.3, 0.4) is 0 Å². The maximum absolute atomic E-state index is 12.7. The van der Waals surface area contributed by atoms with Gasteiger partial charge in [0.2, 0.25) is 0 Å². The summed E-state index contributed by atoms with van der Waals surface area (Å²) in [4.78, 5) is 5.63. The van der Waals surface area contributed by atoms with Crippen molar-refractivity contribution in [2.24, 2.45) is 5.16 Å². The number of methoxy groups -OCH3 is 2. The van der Waals surface area contributed by atoms with Crippen LogP contribution in [0.15, 0.2) is 53.7 Å². The molecule has 36 heavy (non-hydrogen) atoms. The summed E-state index contributed by atoms with van der Waals surface area (Å²) >= 11 is 0. The Kier molecular flexibility index (Phi) is 10.1. The van der Waals surface area contributed by atoms with Gasteiger partial charge in [0, 0.05) is 20.8 Å². The van der Waals surface area contributed by atoms with Gasteiger partial charge in [0.1, 0.15) is 12.2 Å². The van der Waals surface area contributed by atoms with Crippen molar-refractivity contribution in [3.63, 3.8) is 0 Å². The van der Waals surface area contributed by atoms with Gasteiger partial charge in [-0.2, -0.15) is 13.2 Å². The quantitative estimate of drug-likeness (QED) is 0.231. The van der Waals surface area contributed by atoms with E-state index in [2.05, 4.69) is 5.16 Å². The number of nitrogens with zero attached hydrogens (tertiary/aromatic N) is 1. The van der Waals surface area contributed by atoms with Crippen LogP contribution in [-0.2, 0) is 30.0 Å². The number of ether oxygens (including phenoxy) is 4. The highest BCUT2D eigenvalue weighted by atomic mass is 19.4. The summed E-state index contributed by atoms with van der Waals surface area (Å²) in [5, 5.41) is 4.08. The fourth-order valence-electron chi connectivity index (χ4n) is 3.89. The van der Waals surface area contributed by atoms with Gasteiger partial charge >= 0.3 is 6.18 Å². The molecule has 9 heteroatoms. The first-order valence-electron chi connectivity index (χ1n) is 11.7. The first kappa shape index (κ1) is 27.9. The van der Waals surface area contributed by atoms with Gasteiger partial charge in [-0.05, 0) is 42.2 Å². The van der Waals surface area contributed by atoms with Gasteiger partial charge in [-0.3, -0.25) is 0 Å². The Bertz CT molecular complexity index is 992. The molecule has 0 aromatic heterocycles. The van der Waals surface area contributed by atoms with Gasteiger partial charge < -0.3 is 23.8 Å². The molecule has 0 saturated carbocycles. The average molecular weight is 508 g/mol. The van der Waals surface area contributed by atoms with Crippen molar-refractivity contribution in [3.8, 4) is 0 Å². The molecule has 0 aliphatic carbocycles. The molecular weight excluding hydrogens is 475 g/mol. The standard InChI is InChI=1S/C27H32F3NO5/c1-5-16-34-24-23(32-3)18(2)35-26(25(24)33-4)36-31-17-21-10-8-19(9-11-21)6-7-20-12-14-22(15-13-20)27(28,29)30/h6-15,17-18,23-26H,5,16H2,1-4H3/t18?,23?,24?,25?,26-/m0/s1. The average Bonchev–Trinajstić information content (AvgIpc) is 2.86. The molecule has 0 amide bonds. The minimum atomic E-state index is -4.34. The Morgan fingerprint density at radius 1 is 0.861 bits per heavy atom. The van der Waals surface area contributed by atoms with Crippen molar-refractivity contribution >= 4 is 18.4 Å². The van der Waals surface area contributed by atoms with E-state index >= 15 is 0 Å². The van der Waals surface area contributed by atoms with Crippen LogP contribution in [0.25, 0.3) is 12.2 Å². The molecule has 0 spiro atoms. The second kappa shape index (κ2) is 13.0. The van der Waals surface area contributed by atoms with E-state index in [-0.39, 0.29) is 18.3 Å². The molecule has 196 valence electrons. The third kappa shape index (κ3) is 7.39. The Morgan fingerprint density at radius 2 is 1.42 bits per heavy atom. The number of halogens is 3. The highest BCUT2D eigenvalue weighted by molar-refractivity contribution is 5.80. The van der Waals surface area contributed by atoms with Gasteiger partial charge in [-0.15, -0.1) is 0 Å². The summed E-state index contributed by atoms with van der Waals surface area (Å²) < 4.78 is 61.1. The van der Waals surface area contributed by atoms with Crippen molar-refractivity contribution in [2.45, 2.75) is 57.2 Å². The number of hydrogen-bond donors (Lipinski definition) is 0. The van der Waals surface area contributed by atoms with Crippen LogP contribution in [0.1, 0.15) is 42.5 Å². The summed E-state index contributed by atoms with van der Waals surface area (Å²) in [6.45, 7) is 4.48. The lowest BCUT2D eigenvalue weighted by Gasteiger charge is -2.42. The lowest BCUT2D eigenvalue weighted by molar-refractivity contribution is -0.308. The zero-order chi connectivity index (χ0) is 26.1. The van der Waals surface area contributed by atoms with E-state index in [1.165, 1.54) is 12.1 Å². The molecule has 2 aromatic carbocycles. The van der Waals surface area contributed by atoms with Gasteiger partial charge in [0.25, 0.3) is 6.29 Å². The molecule has 1 aliphatic rings. The lowest BCUT2D eigenvalue weighted by atomic mass is 9.99. The second-order valence-electron chi connectivity index (χ2n) is 8.41. The third-order valence-electron chi connectivity index (χ3n) is 5.80. The SMILES string of the molecule is CCCOC1C(OC)C(C)O[C@@H](ON=Cc2ccc(C=Cc3ccc(C(F)(F)F)cc3)cc2)C1OC. The Labute approximate surface area is 209 Å². The third-order valence-corrected chi connectivity index (χ3v) is 5.80. The monoisotopic (exact) mass is 507 g/mol. The van der Waals surface area contributed by atoms with E-state index in [4.69, 9.17) is 23.8 Å². The first-order chi connectivity index (χ1) is 17.3. The van der Waals surface area contributed by atoms with Crippen molar-refractivity contribution in [1.82, 2.24) is 0 Å². The predicted octanol–water partition coefficient (Wildman–Crippen LogP) is 5.80. The van der Waals surface area contributed by atoms with Crippen molar-refractivity contribution < 1.29 is 37.0 Å². The van der Waals surface area contributed by atoms with E-state index in [0.29, 0.717) is 12.2 Å². The normalized spacial score (nSPS) is 25.0. The molecule has 6 nitrogen and oxygen atoms in total. The van der Waals surface area contributed by atoms with E-state index in [0.717, 1.165) is 29.7 Å². The molecule has 0 N–H and O–H groups in total. The number of rotatable bonds is 10. The van der Waals surface area contributed by atoms with Crippen LogP contribution < -0.4 is 0 Å². The Morgan fingerprint density at radius 3 is 1.94 bits per heavy atom. The maximum atomic E-state index is 12.7. The summed E-state index contributed by atoms with van der Waals surface area (Å²) in [5.41, 5.74) is 1.69. The summed E-state index contributed by atoms with van der Waals surface area (Å²) in [5.74, 6) is 0. The van der Waals surface area contributed by atoms with Crippen molar-refractivity contribution in [3.05, 3.63) is 70.8 Å². The second-order valence-corrected chi connectivity index (χ2v) is 8.41. The Balaban J connectivity index is 1.59. The molecule has 0 radical (unpaired) electrons. The molecule has 4 unspecified atom stereocenters. The highest BCUT2D eigenvalue weighted by Crippen LogP contribution is 2.30. The topological polar surface area (TPSA) is 58.5 Å². The number of benzene rings is 2. The fraction of sp³-hybridized carbons (Fsp3) is 0.444. The molecule has 5 atom stereocenters. The van der Waals surface area contributed by atoms with E-state index in [1.807, 2.05) is 44.2 Å². The molecule has 0 bridgehead atoms. The van der Waals surface area contributed by atoms with Crippen molar-refractivity contribution in [2.75, 3.05) is 20.8 Å². The van der Waals surface area contributed by atoms with E-state index in [9.17, 15) is 13.2 Å². The van der Waals surface area contributed by atoms with Crippen LogP contribution in [0.2, 0.25) is 0 Å². The van der Waals surface area contributed by atoms with Crippen molar-refractivity contribution in [1.29, 1.82) is 0 Å². The van der Waals surface area contributed by atoms with Crippen LogP contribution in [0, 0.1) is 0 Å². The molecule has 1 aliphatic heterocycles. The maximum Gasteiger partial charge on any atom is 0.416 e. The first-order valence-corrected chi connectivity index (χ1v) is 11.7. The molecule has 1 fully saturated rings. The van der Waals surface area contributed by atoms with Crippen LogP contribution in [-0.4, -0.2) is 57.7 Å². The smallest absolute Gasteiger partial charge is 0.376 e. The Hall–Kier alpha value is -2.72. The fourth-order valence-corrected chi connectivity index (χ4v) is 3.89. The van der Waals surface area contributed by atoms with E-state index < -0.39 is 24.1 Å².